The number of rotatable bonds is 3. The van der Waals surface area contributed by atoms with Crippen molar-refractivity contribution >= 4 is 22.5 Å². The zero-order valence-electron chi connectivity index (χ0n) is 8.28. The highest BCUT2D eigenvalue weighted by Crippen LogP contribution is 2.19. The Kier molecular flexibility index (Phi) is 2.80. The molecule has 1 N–H and O–H groups in total. The van der Waals surface area contributed by atoms with Gasteiger partial charge in [0.1, 0.15) is 0 Å². The van der Waals surface area contributed by atoms with Crippen molar-refractivity contribution in [2.75, 3.05) is 0 Å². The van der Waals surface area contributed by atoms with Crippen LogP contribution in [-0.4, -0.2) is 9.67 Å². The zero-order valence-corrected chi connectivity index (χ0v) is 9.04. The fraction of sp³-hybridized carbons (Fsp3) is 0.167. The van der Waals surface area contributed by atoms with E-state index in [0.29, 0.717) is 11.6 Å². The van der Waals surface area contributed by atoms with Crippen LogP contribution in [0.2, 0.25) is 0 Å². The van der Waals surface area contributed by atoms with Crippen molar-refractivity contribution < 1.29 is 5.11 Å². The Morgan fingerprint density at radius 3 is 2.87 bits per heavy atom. The topological polar surface area (TPSA) is 25.2 Å². The van der Waals surface area contributed by atoms with E-state index in [0.717, 1.165) is 16.5 Å². The lowest BCUT2D eigenvalue weighted by Gasteiger charge is -2.03. The Labute approximate surface area is 93.4 Å². The van der Waals surface area contributed by atoms with Crippen molar-refractivity contribution in [1.29, 1.82) is 0 Å². The minimum atomic E-state index is 0.0728. The first kappa shape index (κ1) is 10.3. The molecule has 0 bridgehead atoms. The van der Waals surface area contributed by atoms with Gasteiger partial charge in [-0.1, -0.05) is 24.2 Å². The van der Waals surface area contributed by atoms with E-state index in [1.807, 2.05) is 35.0 Å². The van der Waals surface area contributed by atoms with Crippen LogP contribution in [0, 0.1) is 0 Å². The molecule has 0 aliphatic carbocycles. The summed E-state index contributed by atoms with van der Waals surface area (Å²) in [6, 6.07) is 7.88. The van der Waals surface area contributed by atoms with Crippen molar-refractivity contribution in [2.45, 2.75) is 13.2 Å². The number of aliphatic hydroxyl groups is 1. The number of allylic oxidation sites excluding steroid dienone is 1. The molecule has 0 fully saturated rings. The molecule has 78 valence electrons. The molecule has 15 heavy (non-hydrogen) atoms. The van der Waals surface area contributed by atoms with Gasteiger partial charge in [-0.15, -0.1) is 0 Å². The first-order chi connectivity index (χ1) is 7.20. The quantitative estimate of drug-likeness (QED) is 0.847. The normalized spacial score (nSPS) is 10.8. The zero-order chi connectivity index (χ0) is 10.8. The number of benzene rings is 1. The number of hydrogen-bond donors (Lipinski definition) is 1. The monoisotopic (exact) mass is 221 g/mol. The predicted molar refractivity (Wildman–Crippen MR) is 62.9 cm³/mol. The molecule has 3 heteroatoms. The highest BCUT2D eigenvalue weighted by Gasteiger charge is 2.02. The van der Waals surface area contributed by atoms with Crippen LogP contribution < -0.4 is 0 Å². The minimum absolute atomic E-state index is 0.0728. The van der Waals surface area contributed by atoms with Gasteiger partial charge in [0, 0.05) is 16.7 Å². The summed E-state index contributed by atoms with van der Waals surface area (Å²) in [6.45, 7) is 4.36. The van der Waals surface area contributed by atoms with Gasteiger partial charge in [0.2, 0.25) is 0 Å². The Bertz CT molecular complexity index is 501. The smallest absolute Gasteiger partial charge is 0.0682 e. The fourth-order valence-corrected chi connectivity index (χ4v) is 1.80. The van der Waals surface area contributed by atoms with Crippen molar-refractivity contribution in [3.8, 4) is 0 Å². The molecule has 2 nitrogen and oxygen atoms in total. The van der Waals surface area contributed by atoms with Crippen LogP contribution in [0.4, 0.5) is 0 Å². The largest absolute Gasteiger partial charge is 0.392 e. The summed E-state index contributed by atoms with van der Waals surface area (Å²) in [5.74, 6) is 0. The third kappa shape index (κ3) is 2.06. The van der Waals surface area contributed by atoms with Crippen molar-refractivity contribution in [2.24, 2.45) is 0 Å². The first-order valence-electron chi connectivity index (χ1n) is 4.72. The average molecular weight is 222 g/mol. The SMILES string of the molecule is C=C(Cl)Cn1ccc2cc(CO)ccc21. The molecule has 0 atom stereocenters. The lowest BCUT2D eigenvalue weighted by atomic mass is 10.2. The molecule has 1 aromatic heterocycles. The molecule has 0 aliphatic rings. The summed E-state index contributed by atoms with van der Waals surface area (Å²) in [7, 11) is 0. The summed E-state index contributed by atoms with van der Waals surface area (Å²) in [4.78, 5) is 0. The summed E-state index contributed by atoms with van der Waals surface area (Å²) in [5.41, 5.74) is 2.03. The highest BCUT2D eigenvalue weighted by atomic mass is 35.5. The lowest BCUT2D eigenvalue weighted by molar-refractivity contribution is 0.282. The molecule has 0 aliphatic heterocycles. The molecule has 0 saturated heterocycles. The lowest BCUT2D eigenvalue weighted by Crippen LogP contribution is -1.94. The fourth-order valence-electron chi connectivity index (χ4n) is 1.67. The third-order valence-electron chi connectivity index (χ3n) is 2.36. The standard InChI is InChI=1S/C12H12ClNO/c1-9(13)7-14-5-4-11-6-10(8-15)2-3-12(11)14/h2-6,15H,1,7-8H2. The Hall–Kier alpha value is -1.25. The Morgan fingerprint density at radius 1 is 1.40 bits per heavy atom. The van der Waals surface area contributed by atoms with Gasteiger partial charge in [-0.25, -0.2) is 0 Å². The van der Waals surface area contributed by atoms with Gasteiger partial charge in [-0.2, -0.15) is 0 Å². The predicted octanol–water partition coefficient (Wildman–Crippen LogP) is 2.89. The van der Waals surface area contributed by atoms with Crippen molar-refractivity contribution in [1.82, 2.24) is 4.57 Å². The number of hydrogen-bond acceptors (Lipinski definition) is 1. The van der Waals surface area contributed by atoms with Crippen LogP contribution in [0.3, 0.4) is 0 Å². The molecule has 0 radical (unpaired) electrons. The molecule has 1 aromatic carbocycles. The molecular formula is C12H12ClNO. The summed E-state index contributed by atoms with van der Waals surface area (Å²) >= 11 is 5.77. The van der Waals surface area contributed by atoms with E-state index in [1.165, 1.54) is 0 Å². The number of halogens is 1. The minimum Gasteiger partial charge on any atom is -0.392 e. The van der Waals surface area contributed by atoms with Gasteiger partial charge < -0.3 is 9.67 Å². The third-order valence-corrected chi connectivity index (χ3v) is 2.48. The molecule has 0 saturated carbocycles. The van der Waals surface area contributed by atoms with E-state index >= 15 is 0 Å². The molecule has 1 heterocycles. The van der Waals surface area contributed by atoms with Gasteiger partial charge in [0.05, 0.1) is 13.2 Å². The van der Waals surface area contributed by atoms with Gasteiger partial charge in [0.25, 0.3) is 0 Å². The van der Waals surface area contributed by atoms with E-state index in [2.05, 4.69) is 6.58 Å². The summed E-state index contributed by atoms with van der Waals surface area (Å²) in [5, 5.41) is 10.7. The molecule has 0 unspecified atom stereocenters. The van der Waals surface area contributed by atoms with Crippen LogP contribution in [0.5, 0.6) is 0 Å². The van der Waals surface area contributed by atoms with E-state index < -0.39 is 0 Å². The van der Waals surface area contributed by atoms with Crippen LogP contribution >= 0.6 is 11.6 Å². The van der Waals surface area contributed by atoms with Gasteiger partial charge >= 0.3 is 0 Å². The highest BCUT2D eigenvalue weighted by molar-refractivity contribution is 6.29. The van der Waals surface area contributed by atoms with Crippen molar-refractivity contribution in [3.05, 3.63) is 47.6 Å². The second-order valence-electron chi connectivity index (χ2n) is 3.51. The van der Waals surface area contributed by atoms with Gasteiger partial charge in [-0.3, -0.25) is 0 Å². The Morgan fingerprint density at radius 2 is 2.20 bits per heavy atom. The van der Waals surface area contributed by atoms with Gasteiger partial charge in [-0.05, 0) is 29.1 Å². The number of fused-ring (bicyclic) bond motifs is 1. The second-order valence-corrected chi connectivity index (χ2v) is 4.05. The molecule has 0 amide bonds. The maximum absolute atomic E-state index is 9.01. The van der Waals surface area contributed by atoms with Crippen LogP contribution in [-0.2, 0) is 13.2 Å². The number of aliphatic hydroxyl groups excluding tert-OH is 1. The van der Waals surface area contributed by atoms with Crippen molar-refractivity contribution in [3.63, 3.8) is 0 Å². The Balaban J connectivity index is 2.47. The maximum Gasteiger partial charge on any atom is 0.0682 e. The molecular weight excluding hydrogens is 210 g/mol. The van der Waals surface area contributed by atoms with Crippen LogP contribution in [0.1, 0.15) is 5.56 Å². The van der Waals surface area contributed by atoms with Crippen LogP contribution in [0.25, 0.3) is 10.9 Å². The van der Waals surface area contributed by atoms with E-state index in [4.69, 9.17) is 16.7 Å². The van der Waals surface area contributed by atoms with E-state index in [1.54, 1.807) is 0 Å². The number of nitrogens with zero attached hydrogens (tertiary/aromatic N) is 1. The molecule has 2 rings (SSSR count). The maximum atomic E-state index is 9.01. The summed E-state index contributed by atoms with van der Waals surface area (Å²) < 4.78 is 2.03. The first-order valence-corrected chi connectivity index (χ1v) is 5.10. The van der Waals surface area contributed by atoms with Gasteiger partial charge in [0.15, 0.2) is 0 Å². The van der Waals surface area contributed by atoms with E-state index in [-0.39, 0.29) is 6.61 Å². The molecule has 2 aromatic rings. The average Bonchev–Trinajstić information content (AvgIpc) is 2.60. The van der Waals surface area contributed by atoms with E-state index in [9.17, 15) is 0 Å². The molecule has 0 spiro atoms. The number of aromatic nitrogens is 1. The second kappa shape index (κ2) is 4.09. The summed E-state index contributed by atoms with van der Waals surface area (Å²) in [6.07, 6.45) is 1.97. The van der Waals surface area contributed by atoms with Crippen LogP contribution in [0.15, 0.2) is 42.1 Å².